The molecule has 4 aromatic rings. The molecule has 2 aliphatic carbocycles. The molecule has 1 aromatic carbocycles. The number of aromatic amines is 1. The Hall–Kier alpha value is -2.52. The van der Waals surface area contributed by atoms with Crippen LogP contribution in [0.2, 0.25) is 0 Å². The summed E-state index contributed by atoms with van der Waals surface area (Å²) < 4.78 is 16.8. The highest BCUT2D eigenvalue weighted by Gasteiger charge is 2.26. The van der Waals surface area contributed by atoms with Crippen LogP contribution in [0.15, 0.2) is 34.2 Å². The number of aromatic nitrogens is 5. The first-order valence-corrected chi connectivity index (χ1v) is 13.9. The summed E-state index contributed by atoms with van der Waals surface area (Å²) in [5.74, 6) is 1.42. The summed E-state index contributed by atoms with van der Waals surface area (Å²) >= 11 is 3.17. The molecule has 0 aliphatic heterocycles. The van der Waals surface area contributed by atoms with Crippen molar-refractivity contribution in [2.75, 3.05) is 0 Å². The fourth-order valence-electron chi connectivity index (χ4n) is 5.28. The number of halogens is 1. The van der Waals surface area contributed by atoms with Gasteiger partial charge in [-0.25, -0.2) is 9.37 Å². The maximum atomic E-state index is 14.6. The molecule has 0 bridgehead atoms. The highest BCUT2D eigenvalue weighted by molar-refractivity contribution is 7.98. The van der Waals surface area contributed by atoms with Crippen LogP contribution in [0.3, 0.4) is 0 Å². The van der Waals surface area contributed by atoms with Crippen molar-refractivity contribution < 1.29 is 4.39 Å². The van der Waals surface area contributed by atoms with E-state index in [4.69, 9.17) is 4.98 Å². The summed E-state index contributed by atoms with van der Waals surface area (Å²) in [7, 11) is 0. The van der Waals surface area contributed by atoms with Gasteiger partial charge in [-0.05, 0) is 56.2 Å². The first kappa shape index (κ1) is 22.0. The van der Waals surface area contributed by atoms with Crippen LogP contribution in [-0.4, -0.2) is 24.7 Å². The summed E-state index contributed by atoms with van der Waals surface area (Å²) in [5, 5.41) is 10.4. The van der Waals surface area contributed by atoms with Gasteiger partial charge in [-0.1, -0.05) is 43.2 Å². The van der Waals surface area contributed by atoms with Crippen molar-refractivity contribution in [1.29, 1.82) is 0 Å². The number of aryl methyl sites for hydroxylation is 2. The molecule has 3 heterocycles. The number of H-pyrrole nitrogens is 1. The topological polar surface area (TPSA) is 76.5 Å². The number of rotatable bonds is 5. The number of hydrogen-bond donors (Lipinski definition) is 1. The molecule has 1 saturated carbocycles. The van der Waals surface area contributed by atoms with Gasteiger partial charge < -0.3 is 4.98 Å². The van der Waals surface area contributed by atoms with Gasteiger partial charge in [0.1, 0.15) is 16.5 Å². The monoisotopic (exact) mass is 495 g/mol. The van der Waals surface area contributed by atoms with E-state index in [1.165, 1.54) is 41.1 Å². The van der Waals surface area contributed by atoms with E-state index in [9.17, 15) is 9.18 Å². The predicted molar refractivity (Wildman–Crippen MR) is 134 cm³/mol. The largest absolute Gasteiger partial charge is 0.309 e. The molecular formula is C25H26FN5OS2. The van der Waals surface area contributed by atoms with Crippen LogP contribution >= 0.6 is 23.1 Å². The van der Waals surface area contributed by atoms with Crippen LogP contribution in [0, 0.1) is 5.82 Å². The van der Waals surface area contributed by atoms with E-state index in [-0.39, 0.29) is 17.4 Å². The summed E-state index contributed by atoms with van der Waals surface area (Å²) in [6.07, 6.45) is 9.94. The quantitative estimate of drug-likeness (QED) is 0.341. The zero-order valence-corrected chi connectivity index (χ0v) is 20.5. The minimum Gasteiger partial charge on any atom is -0.309 e. The van der Waals surface area contributed by atoms with E-state index in [1.807, 2.05) is 6.07 Å². The van der Waals surface area contributed by atoms with Crippen molar-refractivity contribution in [1.82, 2.24) is 24.7 Å². The molecule has 2 aliphatic rings. The molecule has 6 nitrogen and oxygen atoms in total. The average Bonchev–Trinajstić information content (AvgIpc) is 3.45. The van der Waals surface area contributed by atoms with Gasteiger partial charge in [0.2, 0.25) is 0 Å². The molecule has 0 atom stereocenters. The number of thioether (sulfide) groups is 1. The van der Waals surface area contributed by atoms with Gasteiger partial charge in [0, 0.05) is 10.9 Å². The maximum Gasteiger partial charge on any atom is 0.259 e. The molecule has 34 heavy (non-hydrogen) atoms. The number of nitrogens with zero attached hydrogens (tertiary/aromatic N) is 4. The molecule has 6 rings (SSSR count). The third kappa shape index (κ3) is 3.98. The molecule has 0 spiro atoms. The molecule has 9 heteroatoms. The second-order valence-electron chi connectivity index (χ2n) is 9.14. The lowest BCUT2D eigenvalue weighted by Crippen LogP contribution is -2.16. The Kier molecular flexibility index (Phi) is 5.99. The average molecular weight is 496 g/mol. The fourth-order valence-corrected chi connectivity index (χ4v) is 7.44. The SMILES string of the molecule is O=c1[nH]c(CSc2nnc(-c3ccccc3F)n2C2CCCCC2)nc2sc3c(c12)CCCC3. The van der Waals surface area contributed by atoms with Crippen molar-refractivity contribution in [2.24, 2.45) is 0 Å². The molecular weight excluding hydrogens is 469 g/mol. The van der Waals surface area contributed by atoms with Crippen LogP contribution in [0.1, 0.15) is 67.3 Å². The van der Waals surface area contributed by atoms with Gasteiger partial charge in [0.25, 0.3) is 5.56 Å². The van der Waals surface area contributed by atoms with Gasteiger partial charge in [-0.2, -0.15) is 0 Å². The predicted octanol–water partition coefficient (Wildman–Crippen LogP) is 6.06. The first-order valence-electron chi connectivity index (χ1n) is 12.0. The zero-order valence-electron chi connectivity index (χ0n) is 18.8. The van der Waals surface area contributed by atoms with Crippen LogP contribution < -0.4 is 5.56 Å². The second-order valence-corrected chi connectivity index (χ2v) is 11.2. The van der Waals surface area contributed by atoms with Crippen molar-refractivity contribution in [3.63, 3.8) is 0 Å². The van der Waals surface area contributed by atoms with Crippen molar-refractivity contribution in [2.45, 2.75) is 74.7 Å². The molecule has 3 aromatic heterocycles. The van der Waals surface area contributed by atoms with E-state index >= 15 is 0 Å². The molecule has 0 amide bonds. The standard InChI is InChI=1S/C25H26FN5OS2/c26-18-12-6-4-10-16(18)22-29-30-25(31(22)15-8-2-1-3-9-15)33-14-20-27-23(32)21-17-11-5-7-13-19(17)34-24(21)28-20/h4,6,10,12,15H,1-3,5,7-9,11,13-14H2,(H,27,28,32). The van der Waals surface area contributed by atoms with E-state index in [0.29, 0.717) is 23.0 Å². The van der Waals surface area contributed by atoms with Crippen molar-refractivity contribution in [3.05, 3.63) is 56.7 Å². The van der Waals surface area contributed by atoms with E-state index in [0.717, 1.165) is 60.3 Å². The smallest absolute Gasteiger partial charge is 0.259 e. The number of benzene rings is 1. The minimum absolute atomic E-state index is 0.0409. The zero-order chi connectivity index (χ0) is 23.1. The van der Waals surface area contributed by atoms with E-state index in [2.05, 4.69) is 19.7 Å². The van der Waals surface area contributed by atoms with Crippen LogP contribution in [-0.2, 0) is 18.6 Å². The lowest BCUT2D eigenvalue weighted by Gasteiger charge is -2.25. The van der Waals surface area contributed by atoms with Gasteiger partial charge in [0.15, 0.2) is 11.0 Å². The maximum absolute atomic E-state index is 14.6. The highest BCUT2D eigenvalue weighted by atomic mass is 32.2. The Morgan fingerprint density at radius 1 is 1.09 bits per heavy atom. The van der Waals surface area contributed by atoms with Crippen LogP contribution in [0.5, 0.6) is 0 Å². The van der Waals surface area contributed by atoms with Crippen LogP contribution in [0.25, 0.3) is 21.6 Å². The van der Waals surface area contributed by atoms with Crippen LogP contribution in [0.4, 0.5) is 4.39 Å². The Morgan fingerprint density at radius 2 is 1.91 bits per heavy atom. The van der Waals surface area contributed by atoms with Crippen molar-refractivity contribution >= 4 is 33.3 Å². The Bertz CT molecular complexity index is 1400. The molecule has 176 valence electrons. The summed E-state index contributed by atoms with van der Waals surface area (Å²) in [6.45, 7) is 0. The van der Waals surface area contributed by atoms with Gasteiger partial charge >= 0.3 is 0 Å². The number of nitrogens with one attached hydrogen (secondary N) is 1. The molecule has 0 saturated heterocycles. The molecule has 1 N–H and O–H groups in total. The fraction of sp³-hybridized carbons (Fsp3) is 0.440. The van der Waals surface area contributed by atoms with E-state index < -0.39 is 0 Å². The second kappa shape index (κ2) is 9.26. The third-order valence-electron chi connectivity index (χ3n) is 6.93. The normalized spacial score (nSPS) is 16.7. The Morgan fingerprint density at radius 3 is 2.76 bits per heavy atom. The number of hydrogen-bond acceptors (Lipinski definition) is 6. The van der Waals surface area contributed by atoms with E-state index in [1.54, 1.807) is 23.5 Å². The number of fused-ring (bicyclic) bond motifs is 3. The minimum atomic E-state index is -0.290. The molecule has 0 radical (unpaired) electrons. The lowest BCUT2D eigenvalue weighted by molar-refractivity contribution is 0.339. The summed E-state index contributed by atoms with van der Waals surface area (Å²) in [4.78, 5) is 22.9. The van der Waals surface area contributed by atoms with Crippen molar-refractivity contribution in [3.8, 4) is 11.4 Å². The first-order chi connectivity index (χ1) is 16.7. The third-order valence-corrected chi connectivity index (χ3v) is 9.07. The number of thiophene rings is 1. The lowest BCUT2D eigenvalue weighted by atomic mass is 9.95. The highest BCUT2D eigenvalue weighted by Crippen LogP contribution is 2.37. The van der Waals surface area contributed by atoms with Gasteiger partial charge in [-0.15, -0.1) is 21.5 Å². The molecule has 0 unspecified atom stereocenters. The Labute approximate surface area is 205 Å². The van der Waals surface area contributed by atoms with Gasteiger partial charge in [-0.3, -0.25) is 9.36 Å². The Balaban J connectivity index is 1.33. The van der Waals surface area contributed by atoms with Gasteiger partial charge in [0.05, 0.1) is 16.7 Å². The summed E-state index contributed by atoms with van der Waals surface area (Å²) in [5.41, 5.74) is 1.64. The molecule has 1 fully saturated rings. The summed E-state index contributed by atoms with van der Waals surface area (Å²) in [6, 6.07) is 7.00.